The van der Waals surface area contributed by atoms with Crippen molar-refractivity contribution >= 4 is 17.4 Å². The van der Waals surface area contributed by atoms with Crippen LogP contribution in [0, 0.1) is 0 Å². The number of hydrogen-bond donors (Lipinski definition) is 1. The third-order valence-electron chi connectivity index (χ3n) is 2.64. The normalized spacial score (nSPS) is 11.6. The van der Waals surface area contributed by atoms with Crippen molar-refractivity contribution < 1.29 is 13.2 Å². The second-order valence-electron chi connectivity index (χ2n) is 3.89. The van der Waals surface area contributed by atoms with Crippen molar-refractivity contribution in [2.24, 2.45) is 0 Å². The van der Waals surface area contributed by atoms with Crippen LogP contribution in [0.25, 0.3) is 11.1 Å². The Kier molecular flexibility index (Phi) is 3.71. The Morgan fingerprint density at radius 1 is 1.16 bits per heavy atom. The number of alkyl halides is 3. The van der Waals surface area contributed by atoms with Crippen molar-refractivity contribution in [3.8, 4) is 11.1 Å². The van der Waals surface area contributed by atoms with Crippen LogP contribution < -0.4 is 5.73 Å². The number of rotatable bonds is 2. The fraction of sp³-hybridized carbons (Fsp3) is 0.154. The molecule has 0 saturated carbocycles. The third kappa shape index (κ3) is 3.01. The molecule has 1 heterocycles. The molecular weight excluding hydrogens is 273 g/mol. The second kappa shape index (κ2) is 5.13. The predicted octanol–water partition coefficient (Wildman–Crippen LogP) is 4.07. The molecule has 2 nitrogen and oxygen atoms in total. The number of hydrogen-bond acceptors (Lipinski definition) is 3. The Bertz CT molecular complexity index is 579. The van der Waals surface area contributed by atoms with Crippen molar-refractivity contribution in [1.82, 2.24) is 4.98 Å². The number of pyridine rings is 1. The van der Waals surface area contributed by atoms with E-state index in [4.69, 9.17) is 5.73 Å². The lowest BCUT2D eigenvalue weighted by Gasteiger charge is -2.11. The van der Waals surface area contributed by atoms with Gasteiger partial charge in [-0.15, -0.1) is 11.8 Å². The summed E-state index contributed by atoms with van der Waals surface area (Å²) in [7, 11) is 0. The molecule has 100 valence electrons. The SMILES string of the molecule is CSc1ccc(-c2cc(C(F)(F)F)ccc2N)cn1. The van der Waals surface area contributed by atoms with Gasteiger partial charge in [0.15, 0.2) is 0 Å². The summed E-state index contributed by atoms with van der Waals surface area (Å²) in [6.07, 6.45) is -0.979. The second-order valence-corrected chi connectivity index (χ2v) is 4.72. The van der Waals surface area contributed by atoms with Gasteiger partial charge in [0.05, 0.1) is 10.6 Å². The molecule has 0 spiro atoms. The lowest BCUT2D eigenvalue weighted by atomic mass is 10.0. The number of halogens is 3. The Morgan fingerprint density at radius 2 is 1.89 bits per heavy atom. The minimum atomic E-state index is -4.38. The van der Waals surface area contributed by atoms with Crippen molar-refractivity contribution in [2.75, 3.05) is 12.0 Å². The molecule has 0 atom stereocenters. The van der Waals surface area contributed by atoms with Crippen LogP contribution in [0.3, 0.4) is 0 Å². The highest BCUT2D eigenvalue weighted by Crippen LogP contribution is 2.35. The molecule has 19 heavy (non-hydrogen) atoms. The highest BCUT2D eigenvalue weighted by atomic mass is 32.2. The average molecular weight is 284 g/mol. The Hall–Kier alpha value is -1.69. The van der Waals surface area contributed by atoms with E-state index in [0.29, 0.717) is 16.8 Å². The summed E-state index contributed by atoms with van der Waals surface area (Å²) in [5.74, 6) is 0. The van der Waals surface area contributed by atoms with Gasteiger partial charge in [0.25, 0.3) is 0 Å². The Balaban J connectivity index is 2.48. The lowest BCUT2D eigenvalue weighted by molar-refractivity contribution is -0.137. The molecule has 0 unspecified atom stereocenters. The molecule has 2 N–H and O–H groups in total. The van der Waals surface area contributed by atoms with Crippen molar-refractivity contribution in [3.63, 3.8) is 0 Å². The van der Waals surface area contributed by atoms with Crippen molar-refractivity contribution in [2.45, 2.75) is 11.2 Å². The van der Waals surface area contributed by atoms with Gasteiger partial charge in [0.1, 0.15) is 0 Å². The monoisotopic (exact) mass is 284 g/mol. The van der Waals surface area contributed by atoms with Crippen LogP contribution in [-0.2, 0) is 6.18 Å². The summed E-state index contributed by atoms with van der Waals surface area (Å²) in [5.41, 5.74) is 6.23. The first-order valence-corrected chi connectivity index (χ1v) is 6.61. The molecule has 1 aromatic carbocycles. The van der Waals surface area contributed by atoms with Crippen LogP contribution in [0.4, 0.5) is 18.9 Å². The first-order chi connectivity index (χ1) is 8.91. The van der Waals surface area contributed by atoms with E-state index in [9.17, 15) is 13.2 Å². The van der Waals surface area contributed by atoms with E-state index < -0.39 is 11.7 Å². The van der Waals surface area contributed by atoms with Gasteiger partial charge in [-0.05, 0) is 30.5 Å². The van der Waals surface area contributed by atoms with Gasteiger partial charge in [-0.3, -0.25) is 0 Å². The molecule has 2 rings (SSSR count). The number of benzene rings is 1. The molecule has 0 fully saturated rings. The van der Waals surface area contributed by atoms with E-state index in [0.717, 1.165) is 17.2 Å². The van der Waals surface area contributed by atoms with Crippen molar-refractivity contribution in [3.05, 3.63) is 42.1 Å². The number of anilines is 1. The third-order valence-corrected chi connectivity index (χ3v) is 3.30. The summed E-state index contributed by atoms with van der Waals surface area (Å²) in [6, 6.07) is 6.75. The molecule has 0 aliphatic carbocycles. The Morgan fingerprint density at radius 3 is 2.42 bits per heavy atom. The molecule has 0 radical (unpaired) electrons. The maximum absolute atomic E-state index is 12.7. The van der Waals surface area contributed by atoms with E-state index in [-0.39, 0.29) is 0 Å². The fourth-order valence-corrected chi connectivity index (χ4v) is 2.01. The topological polar surface area (TPSA) is 38.9 Å². The van der Waals surface area contributed by atoms with Gasteiger partial charge < -0.3 is 5.73 Å². The zero-order valence-electron chi connectivity index (χ0n) is 10.0. The van der Waals surface area contributed by atoms with E-state index in [2.05, 4.69) is 4.98 Å². The van der Waals surface area contributed by atoms with Gasteiger partial charge >= 0.3 is 6.18 Å². The molecule has 0 saturated heterocycles. The molecule has 1 aromatic heterocycles. The van der Waals surface area contributed by atoms with Gasteiger partial charge in [0.2, 0.25) is 0 Å². The zero-order chi connectivity index (χ0) is 14.0. The van der Waals surface area contributed by atoms with E-state index in [1.54, 1.807) is 12.1 Å². The Labute approximate surface area is 112 Å². The summed E-state index contributed by atoms with van der Waals surface area (Å²) in [6.45, 7) is 0. The zero-order valence-corrected chi connectivity index (χ0v) is 10.8. The molecule has 6 heteroatoms. The van der Waals surface area contributed by atoms with Gasteiger partial charge in [-0.1, -0.05) is 6.07 Å². The summed E-state index contributed by atoms with van der Waals surface area (Å²) < 4.78 is 38.0. The fourth-order valence-electron chi connectivity index (χ4n) is 1.64. The maximum atomic E-state index is 12.7. The minimum absolute atomic E-state index is 0.298. The standard InChI is InChI=1S/C13H11F3N2S/c1-19-12-5-2-8(7-18-12)10-6-9(13(14,15)16)3-4-11(10)17/h2-7H,17H2,1H3. The smallest absolute Gasteiger partial charge is 0.398 e. The first kappa shape index (κ1) is 13.7. The van der Waals surface area contributed by atoms with Crippen LogP contribution in [0.2, 0.25) is 0 Å². The van der Waals surface area contributed by atoms with E-state index >= 15 is 0 Å². The summed E-state index contributed by atoms with van der Waals surface area (Å²) >= 11 is 1.46. The number of aromatic nitrogens is 1. The summed E-state index contributed by atoms with van der Waals surface area (Å²) in [4.78, 5) is 4.13. The molecule has 0 aliphatic rings. The molecule has 2 aromatic rings. The minimum Gasteiger partial charge on any atom is -0.398 e. The number of nitrogen functional groups attached to an aromatic ring is 1. The highest BCUT2D eigenvalue weighted by molar-refractivity contribution is 7.98. The van der Waals surface area contributed by atoms with Crippen LogP contribution in [0.15, 0.2) is 41.6 Å². The van der Waals surface area contributed by atoms with E-state index in [1.165, 1.54) is 24.0 Å². The largest absolute Gasteiger partial charge is 0.416 e. The van der Waals surface area contributed by atoms with Crippen LogP contribution in [0.1, 0.15) is 5.56 Å². The first-order valence-electron chi connectivity index (χ1n) is 5.39. The number of thioether (sulfide) groups is 1. The lowest BCUT2D eigenvalue weighted by Crippen LogP contribution is -2.05. The molecule has 0 bridgehead atoms. The van der Waals surface area contributed by atoms with Gasteiger partial charge in [0, 0.05) is 23.0 Å². The van der Waals surface area contributed by atoms with E-state index in [1.807, 2.05) is 6.26 Å². The van der Waals surface area contributed by atoms with Crippen LogP contribution in [-0.4, -0.2) is 11.2 Å². The maximum Gasteiger partial charge on any atom is 0.416 e. The molecule has 0 aliphatic heterocycles. The molecular formula is C13H11F3N2S. The highest BCUT2D eigenvalue weighted by Gasteiger charge is 2.30. The van der Waals surface area contributed by atoms with Crippen molar-refractivity contribution in [1.29, 1.82) is 0 Å². The molecule has 0 amide bonds. The average Bonchev–Trinajstić information content (AvgIpc) is 2.38. The predicted molar refractivity (Wildman–Crippen MR) is 70.9 cm³/mol. The van der Waals surface area contributed by atoms with Crippen LogP contribution >= 0.6 is 11.8 Å². The summed E-state index contributed by atoms with van der Waals surface area (Å²) in [5, 5.41) is 0.800. The van der Waals surface area contributed by atoms with Crippen LogP contribution in [0.5, 0.6) is 0 Å². The van der Waals surface area contributed by atoms with Gasteiger partial charge in [-0.2, -0.15) is 13.2 Å². The van der Waals surface area contributed by atoms with Gasteiger partial charge in [-0.25, -0.2) is 4.98 Å². The number of nitrogens with zero attached hydrogens (tertiary/aromatic N) is 1. The quantitative estimate of drug-likeness (QED) is 0.667. The number of nitrogens with two attached hydrogens (primary N) is 1.